The maximum Gasteiger partial charge on any atom is 0.130 e. The van der Waals surface area contributed by atoms with Crippen molar-refractivity contribution in [1.29, 1.82) is 5.26 Å². The molecule has 0 saturated carbocycles. The minimum absolute atomic E-state index is 0.512. The third kappa shape index (κ3) is 3.04. The van der Waals surface area contributed by atoms with Crippen LogP contribution in [-0.2, 0) is 6.42 Å². The molecule has 0 unspecified atom stereocenters. The van der Waals surface area contributed by atoms with Gasteiger partial charge in [-0.3, -0.25) is 0 Å². The highest BCUT2D eigenvalue weighted by atomic mass is 35.5. The second kappa shape index (κ2) is 5.73. The van der Waals surface area contributed by atoms with E-state index in [-0.39, 0.29) is 0 Å². The highest BCUT2D eigenvalue weighted by Crippen LogP contribution is 2.26. The first-order valence-corrected chi connectivity index (χ1v) is 6.44. The van der Waals surface area contributed by atoms with E-state index < -0.39 is 0 Å². The van der Waals surface area contributed by atoms with Gasteiger partial charge in [0.25, 0.3) is 0 Å². The lowest BCUT2D eigenvalue weighted by molar-refractivity contribution is 1.07. The molecule has 0 bridgehead atoms. The Morgan fingerprint density at radius 2 is 2.16 bits per heavy atom. The van der Waals surface area contributed by atoms with Crippen LogP contribution in [-0.4, -0.2) is 4.98 Å². The van der Waals surface area contributed by atoms with Gasteiger partial charge in [-0.15, -0.1) is 0 Å². The summed E-state index contributed by atoms with van der Waals surface area (Å²) >= 11 is 6.12. The zero-order chi connectivity index (χ0) is 13.8. The topological polar surface area (TPSA) is 48.7 Å². The van der Waals surface area contributed by atoms with Crippen LogP contribution < -0.4 is 5.32 Å². The first-order valence-electron chi connectivity index (χ1n) is 6.06. The highest BCUT2D eigenvalue weighted by molar-refractivity contribution is 6.33. The Hall–Kier alpha value is -2.05. The maximum atomic E-state index is 8.80. The summed E-state index contributed by atoms with van der Waals surface area (Å²) in [5.74, 6) is 0.751. The minimum Gasteiger partial charge on any atom is -0.339 e. The van der Waals surface area contributed by atoms with Gasteiger partial charge in [0.05, 0.1) is 22.3 Å². The number of nitrogens with zero attached hydrogens (tertiary/aromatic N) is 2. The van der Waals surface area contributed by atoms with E-state index in [1.165, 1.54) is 11.1 Å². The van der Waals surface area contributed by atoms with Gasteiger partial charge in [-0.2, -0.15) is 5.26 Å². The SMILES string of the molecule is CCc1cnc(Nc2ccc(C#N)cc2Cl)cc1C. The second-order valence-corrected chi connectivity index (χ2v) is 4.69. The molecule has 0 amide bonds. The smallest absolute Gasteiger partial charge is 0.130 e. The number of hydrogen-bond acceptors (Lipinski definition) is 3. The molecular weight excluding hydrogens is 258 g/mol. The van der Waals surface area contributed by atoms with E-state index in [1.807, 2.05) is 12.3 Å². The normalized spacial score (nSPS) is 10.0. The first kappa shape index (κ1) is 13.4. The standard InChI is InChI=1S/C15H14ClN3/c1-3-12-9-18-15(6-10(12)2)19-14-5-4-11(8-17)7-13(14)16/h4-7,9H,3H2,1-2H3,(H,18,19). The number of hydrogen-bond donors (Lipinski definition) is 1. The third-order valence-corrected chi connectivity index (χ3v) is 3.27. The van der Waals surface area contributed by atoms with E-state index in [0.29, 0.717) is 10.6 Å². The molecule has 1 aromatic carbocycles. The number of aryl methyl sites for hydroxylation is 2. The van der Waals surface area contributed by atoms with Crippen molar-refractivity contribution in [3.05, 3.63) is 52.2 Å². The van der Waals surface area contributed by atoms with Gasteiger partial charge in [0.2, 0.25) is 0 Å². The molecule has 0 spiro atoms. The van der Waals surface area contributed by atoms with Crippen molar-refractivity contribution in [3.63, 3.8) is 0 Å². The minimum atomic E-state index is 0.512. The van der Waals surface area contributed by atoms with Crippen molar-refractivity contribution in [2.75, 3.05) is 5.32 Å². The van der Waals surface area contributed by atoms with Crippen LogP contribution in [0.4, 0.5) is 11.5 Å². The largest absolute Gasteiger partial charge is 0.339 e. The Bertz CT molecular complexity index is 644. The van der Waals surface area contributed by atoms with Gasteiger partial charge in [0.15, 0.2) is 0 Å². The molecule has 4 heteroatoms. The molecule has 2 aromatic rings. The van der Waals surface area contributed by atoms with E-state index in [9.17, 15) is 0 Å². The summed E-state index contributed by atoms with van der Waals surface area (Å²) in [6.45, 7) is 4.17. The lowest BCUT2D eigenvalue weighted by Gasteiger charge is -2.10. The third-order valence-electron chi connectivity index (χ3n) is 2.96. The van der Waals surface area contributed by atoms with Gasteiger partial charge in [-0.25, -0.2) is 4.98 Å². The molecule has 2 rings (SSSR count). The fourth-order valence-electron chi connectivity index (χ4n) is 1.85. The van der Waals surface area contributed by atoms with E-state index in [4.69, 9.17) is 16.9 Å². The number of halogens is 1. The van der Waals surface area contributed by atoms with Crippen LogP contribution in [0.25, 0.3) is 0 Å². The average molecular weight is 272 g/mol. The number of rotatable bonds is 3. The number of nitrogens with one attached hydrogen (secondary N) is 1. The van der Waals surface area contributed by atoms with Gasteiger partial charge in [-0.1, -0.05) is 18.5 Å². The summed E-state index contributed by atoms with van der Waals surface area (Å²) in [7, 11) is 0. The van der Waals surface area contributed by atoms with Crippen LogP contribution in [0.1, 0.15) is 23.6 Å². The van der Waals surface area contributed by atoms with Crippen molar-refractivity contribution in [3.8, 4) is 6.07 Å². The molecule has 0 atom stereocenters. The number of nitriles is 1. The number of pyridine rings is 1. The second-order valence-electron chi connectivity index (χ2n) is 4.28. The fraction of sp³-hybridized carbons (Fsp3) is 0.200. The maximum absolute atomic E-state index is 8.80. The lowest BCUT2D eigenvalue weighted by atomic mass is 10.1. The predicted octanol–water partition coefficient (Wildman–Crippen LogP) is 4.22. The molecule has 0 aliphatic carbocycles. The van der Waals surface area contributed by atoms with Crippen molar-refractivity contribution in [1.82, 2.24) is 4.98 Å². The van der Waals surface area contributed by atoms with Gasteiger partial charge in [-0.05, 0) is 48.7 Å². The fourth-order valence-corrected chi connectivity index (χ4v) is 2.07. The number of aromatic nitrogens is 1. The van der Waals surface area contributed by atoms with E-state index >= 15 is 0 Å². The zero-order valence-corrected chi connectivity index (χ0v) is 11.6. The molecule has 1 aromatic heterocycles. The van der Waals surface area contributed by atoms with Gasteiger partial charge in [0, 0.05) is 6.20 Å². The Labute approximate surface area is 117 Å². The van der Waals surface area contributed by atoms with E-state index in [1.54, 1.807) is 18.2 Å². The average Bonchev–Trinajstić information content (AvgIpc) is 2.41. The summed E-state index contributed by atoms with van der Waals surface area (Å²) in [5.41, 5.74) is 3.72. The number of anilines is 2. The van der Waals surface area contributed by atoms with Gasteiger partial charge < -0.3 is 5.32 Å². The Balaban J connectivity index is 2.26. The molecule has 0 radical (unpaired) electrons. The lowest BCUT2D eigenvalue weighted by Crippen LogP contribution is -1.97. The summed E-state index contributed by atoms with van der Waals surface area (Å²) < 4.78 is 0. The summed E-state index contributed by atoms with van der Waals surface area (Å²) in [6, 6.07) is 9.19. The molecule has 0 fully saturated rings. The van der Waals surface area contributed by atoms with E-state index in [0.717, 1.165) is 17.9 Å². The van der Waals surface area contributed by atoms with Crippen LogP contribution in [0.2, 0.25) is 5.02 Å². The number of benzene rings is 1. The van der Waals surface area contributed by atoms with Crippen molar-refractivity contribution >= 4 is 23.1 Å². The van der Waals surface area contributed by atoms with Crippen LogP contribution >= 0.6 is 11.6 Å². The Kier molecular flexibility index (Phi) is 4.03. The molecule has 0 aliphatic rings. The summed E-state index contributed by atoms with van der Waals surface area (Å²) in [4.78, 5) is 4.35. The van der Waals surface area contributed by atoms with Crippen LogP contribution in [0.15, 0.2) is 30.5 Å². The molecule has 19 heavy (non-hydrogen) atoms. The molecule has 1 heterocycles. The van der Waals surface area contributed by atoms with Crippen molar-refractivity contribution in [2.24, 2.45) is 0 Å². The van der Waals surface area contributed by atoms with Crippen LogP contribution in [0, 0.1) is 18.3 Å². The zero-order valence-electron chi connectivity index (χ0n) is 10.9. The summed E-state index contributed by atoms with van der Waals surface area (Å²) in [5, 5.41) is 12.5. The van der Waals surface area contributed by atoms with Crippen LogP contribution in [0.5, 0.6) is 0 Å². The molecule has 1 N–H and O–H groups in total. The Morgan fingerprint density at radius 3 is 2.74 bits per heavy atom. The predicted molar refractivity (Wildman–Crippen MR) is 77.8 cm³/mol. The molecule has 96 valence electrons. The molecular formula is C15H14ClN3. The molecule has 0 aliphatic heterocycles. The van der Waals surface area contributed by atoms with Gasteiger partial charge in [0.1, 0.15) is 5.82 Å². The van der Waals surface area contributed by atoms with Crippen molar-refractivity contribution < 1.29 is 0 Å². The van der Waals surface area contributed by atoms with Crippen LogP contribution in [0.3, 0.4) is 0 Å². The molecule has 0 saturated heterocycles. The van der Waals surface area contributed by atoms with Gasteiger partial charge >= 0.3 is 0 Å². The summed E-state index contributed by atoms with van der Waals surface area (Å²) in [6.07, 6.45) is 2.84. The quantitative estimate of drug-likeness (QED) is 0.909. The first-order chi connectivity index (χ1) is 9.13. The highest BCUT2D eigenvalue weighted by Gasteiger charge is 2.04. The van der Waals surface area contributed by atoms with Crippen molar-refractivity contribution in [2.45, 2.75) is 20.3 Å². The van der Waals surface area contributed by atoms with E-state index in [2.05, 4.69) is 30.2 Å². The molecule has 3 nitrogen and oxygen atoms in total. The monoisotopic (exact) mass is 271 g/mol. The Morgan fingerprint density at radius 1 is 1.37 bits per heavy atom.